The first-order chi connectivity index (χ1) is 15.9. The molecule has 0 radical (unpaired) electrons. The van der Waals surface area contributed by atoms with Gasteiger partial charge < -0.3 is 14.2 Å². The van der Waals surface area contributed by atoms with Crippen LogP contribution >= 0.6 is 0 Å². The molecule has 0 spiro atoms. The number of rotatable bonds is 9. The molecular weight excluding hydrogens is 428 g/mol. The predicted octanol–water partition coefficient (Wildman–Crippen LogP) is 6.63. The molecule has 0 N–H and O–H groups in total. The fourth-order valence-corrected chi connectivity index (χ4v) is 3.37. The number of carbonyl (C=O) groups excluding carboxylic acids is 1. The fourth-order valence-electron chi connectivity index (χ4n) is 3.37. The first kappa shape index (κ1) is 23.7. The highest BCUT2D eigenvalue weighted by atomic mass is 19.3. The average Bonchev–Trinajstić information content (AvgIpc) is 2.79. The van der Waals surface area contributed by atoms with Crippen LogP contribution in [0.15, 0.2) is 78.9 Å². The highest BCUT2D eigenvalue weighted by Crippen LogP contribution is 2.31. The molecule has 0 aliphatic rings. The van der Waals surface area contributed by atoms with Crippen LogP contribution in [0.2, 0.25) is 0 Å². The molecule has 0 aromatic heterocycles. The Kier molecular flexibility index (Phi) is 7.98. The van der Waals surface area contributed by atoms with Crippen molar-refractivity contribution in [3.05, 3.63) is 90.0 Å². The number of nitriles is 1. The van der Waals surface area contributed by atoms with E-state index in [0.717, 1.165) is 0 Å². The average molecular weight is 451 g/mol. The van der Waals surface area contributed by atoms with Crippen LogP contribution < -0.4 is 9.47 Å². The Hall–Kier alpha value is -3.92. The van der Waals surface area contributed by atoms with E-state index in [1.807, 2.05) is 38.1 Å². The number of ether oxygens (including phenoxy) is 3. The van der Waals surface area contributed by atoms with E-state index in [1.54, 1.807) is 48.5 Å². The third kappa shape index (κ3) is 6.53. The lowest BCUT2D eigenvalue weighted by Crippen LogP contribution is -2.22. The molecule has 2 atom stereocenters. The highest BCUT2D eigenvalue weighted by molar-refractivity contribution is 5.79. The van der Waals surface area contributed by atoms with Gasteiger partial charge in [-0.2, -0.15) is 14.0 Å². The van der Waals surface area contributed by atoms with Gasteiger partial charge in [-0.05, 0) is 47.9 Å². The Balaban J connectivity index is 1.76. The summed E-state index contributed by atoms with van der Waals surface area (Å²) >= 11 is 0. The van der Waals surface area contributed by atoms with Crippen molar-refractivity contribution in [2.45, 2.75) is 32.5 Å². The molecule has 0 aliphatic carbocycles. The molecule has 7 heteroatoms. The van der Waals surface area contributed by atoms with Crippen LogP contribution in [0.3, 0.4) is 0 Å². The molecule has 170 valence electrons. The van der Waals surface area contributed by atoms with Gasteiger partial charge in [0, 0.05) is 5.56 Å². The smallest absolute Gasteiger partial charge is 0.387 e. The summed E-state index contributed by atoms with van der Waals surface area (Å²) in [5, 5.41) is 9.66. The van der Waals surface area contributed by atoms with E-state index in [2.05, 4.69) is 4.74 Å². The van der Waals surface area contributed by atoms with E-state index < -0.39 is 24.6 Å². The number of benzene rings is 3. The maximum Gasteiger partial charge on any atom is 0.387 e. The lowest BCUT2D eigenvalue weighted by Gasteiger charge is -2.22. The summed E-state index contributed by atoms with van der Waals surface area (Å²) in [7, 11) is 0. The Morgan fingerprint density at radius 3 is 2.12 bits per heavy atom. The zero-order valence-electron chi connectivity index (χ0n) is 18.2. The van der Waals surface area contributed by atoms with E-state index in [9.17, 15) is 18.8 Å². The number of para-hydroxylation sites is 1. The third-order valence-corrected chi connectivity index (χ3v) is 4.88. The summed E-state index contributed by atoms with van der Waals surface area (Å²) in [4.78, 5) is 13.0. The lowest BCUT2D eigenvalue weighted by molar-refractivity contribution is -0.150. The van der Waals surface area contributed by atoms with Gasteiger partial charge in [-0.3, -0.25) is 4.79 Å². The summed E-state index contributed by atoms with van der Waals surface area (Å²) in [6, 6.07) is 23.8. The number of nitrogens with zero attached hydrogens (tertiary/aromatic N) is 1. The van der Waals surface area contributed by atoms with Crippen LogP contribution in [0, 0.1) is 17.2 Å². The van der Waals surface area contributed by atoms with Crippen molar-refractivity contribution < 1.29 is 27.8 Å². The maximum absolute atomic E-state index is 13.0. The number of hydrogen-bond donors (Lipinski definition) is 0. The van der Waals surface area contributed by atoms with E-state index in [-0.39, 0.29) is 11.7 Å². The van der Waals surface area contributed by atoms with Crippen molar-refractivity contribution in [1.82, 2.24) is 0 Å². The number of halogens is 2. The van der Waals surface area contributed by atoms with E-state index in [1.165, 1.54) is 12.1 Å². The van der Waals surface area contributed by atoms with Crippen molar-refractivity contribution in [2.24, 2.45) is 5.92 Å². The third-order valence-electron chi connectivity index (χ3n) is 4.88. The molecule has 0 unspecified atom stereocenters. The van der Waals surface area contributed by atoms with Gasteiger partial charge in [-0.25, -0.2) is 0 Å². The summed E-state index contributed by atoms with van der Waals surface area (Å²) in [6.45, 7) is 0.746. The maximum atomic E-state index is 13.0. The van der Waals surface area contributed by atoms with Gasteiger partial charge in [0.25, 0.3) is 0 Å². The van der Waals surface area contributed by atoms with E-state index >= 15 is 0 Å². The Bertz CT molecular complexity index is 1100. The van der Waals surface area contributed by atoms with Crippen molar-refractivity contribution in [3.63, 3.8) is 0 Å². The summed E-state index contributed by atoms with van der Waals surface area (Å²) in [6.07, 6.45) is -1.14. The Morgan fingerprint density at radius 1 is 0.848 bits per heavy atom. The highest BCUT2D eigenvalue weighted by Gasteiger charge is 2.29. The van der Waals surface area contributed by atoms with Crippen LogP contribution in [0.25, 0.3) is 0 Å². The first-order valence-electron chi connectivity index (χ1n) is 10.3. The minimum absolute atomic E-state index is 0.00486. The van der Waals surface area contributed by atoms with Crippen LogP contribution in [-0.2, 0) is 9.53 Å². The van der Waals surface area contributed by atoms with Gasteiger partial charge >= 0.3 is 12.6 Å². The van der Waals surface area contributed by atoms with Crippen molar-refractivity contribution in [3.8, 4) is 23.3 Å². The number of alkyl halides is 2. The SMILES string of the molecule is CC(C)[C@@H](C(=O)O[C@@H](C#N)c1cccc(Oc2ccccc2)c1)c1ccc(OC(F)F)cc1. The molecule has 0 heterocycles. The van der Waals surface area contributed by atoms with Crippen LogP contribution in [-0.4, -0.2) is 12.6 Å². The molecule has 0 amide bonds. The molecule has 33 heavy (non-hydrogen) atoms. The zero-order chi connectivity index (χ0) is 23.8. The Labute approximate surface area is 191 Å². The molecule has 0 bridgehead atoms. The molecule has 0 saturated carbocycles. The van der Waals surface area contributed by atoms with Gasteiger partial charge in [0.15, 0.2) is 0 Å². The van der Waals surface area contributed by atoms with Gasteiger partial charge in [0.1, 0.15) is 23.3 Å². The monoisotopic (exact) mass is 451 g/mol. The molecule has 0 saturated heterocycles. The normalized spacial score (nSPS) is 12.6. The second kappa shape index (κ2) is 11.1. The molecule has 0 fully saturated rings. The first-order valence-corrected chi connectivity index (χ1v) is 10.3. The van der Waals surface area contributed by atoms with Crippen LogP contribution in [0.5, 0.6) is 17.2 Å². The van der Waals surface area contributed by atoms with E-state index in [4.69, 9.17) is 9.47 Å². The number of carbonyl (C=O) groups is 1. The topological polar surface area (TPSA) is 68.6 Å². The minimum Gasteiger partial charge on any atom is -0.457 e. The molecule has 0 aliphatic heterocycles. The quantitative estimate of drug-likeness (QED) is 0.342. The molecular formula is C26H23F2NO4. The lowest BCUT2D eigenvalue weighted by atomic mass is 9.88. The largest absolute Gasteiger partial charge is 0.457 e. The summed E-state index contributed by atoms with van der Waals surface area (Å²) in [5.74, 6) is -0.302. The molecule has 3 aromatic rings. The predicted molar refractivity (Wildman–Crippen MR) is 118 cm³/mol. The van der Waals surface area contributed by atoms with Crippen molar-refractivity contribution in [1.29, 1.82) is 5.26 Å². The van der Waals surface area contributed by atoms with Crippen molar-refractivity contribution in [2.75, 3.05) is 0 Å². The van der Waals surface area contributed by atoms with Gasteiger partial charge in [-0.1, -0.05) is 56.3 Å². The van der Waals surface area contributed by atoms with Gasteiger partial charge in [0.2, 0.25) is 6.10 Å². The van der Waals surface area contributed by atoms with Crippen LogP contribution in [0.1, 0.15) is 37.0 Å². The van der Waals surface area contributed by atoms with Crippen molar-refractivity contribution >= 4 is 5.97 Å². The number of hydrogen-bond acceptors (Lipinski definition) is 5. The molecule has 5 nitrogen and oxygen atoms in total. The zero-order valence-corrected chi connectivity index (χ0v) is 18.2. The van der Waals surface area contributed by atoms with Gasteiger partial charge in [-0.15, -0.1) is 0 Å². The minimum atomic E-state index is -2.93. The summed E-state index contributed by atoms with van der Waals surface area (Å²) < 4.78 is 40.5. The van der Waals surface area contributed by atoms with E-state index in [0.29, 0.717) is 22.6 Å². The standard InChI is InChI=1S/C26H23F2NO4/c1-17(2)24(18-11-13-21(14-12-18)32-26(27)28)25(30)33-23(16-29)19-7-6-10-22(15-19)31-20-8-4-3-5-9-20/h3-15,17,23-24,26H,1-2H3/t23-,24+/m0/s1. The second-order valence-corrected chi connectivity index (χ2v) is 7.60. The molecule has 3 aromatic carbocycles. The van der Waals surface area contributed by atoms with Crippen LogP contribution in [0.4, 0.5) is 8.78 Å². The molecule has 3 rings (SSSR count). The second-order valence-electron chi connectivity index (χ2n) is 7.60. The number of esters is 1. The Morgan fingerprint density at radius 2 is 1.52 bits per heavy atom. The van der Waals surface area contributed by atoms with Gasteiger partial charge in [0.05, 0.1) is 5.92 Å². The fraction of sp³-hybridized carbons (Fsp3) is 0.231. The summed E-state index contributed by atoms with van der Waals surface area (Å²) in [5.41, 5.74) is 1.05.